The molecule has 0 amide bonds. The molecule has 1 aromatic carbocycles. The quantitative estimate of drug-likeness (QED) is 0.902. The van der Waals surface area contributed by atoms with Crippen molar-refractivity contribution in [1.82, 2.24) is 10.2 Å². The average molecular weight is 267 g/mol. The van der Waals surface area contributed by atoms with Gasteiger partial charge in [-0.25, -0.2) is 0 Å². The highest BCUT2D eigenvalue weighted by Crippen LogP contribution is 2.14. The zero-order valence-electron chi connectivity index (χ0n) is 11.2. The van der Waals surface area contributed by atoms with E-state index in [1.165, 1.54) is 38.2 Å². The van der Waals surface area contributed by atoms with Crippen LogP contribution in [0, 0.1) is 5.92 Å². The average Bonchev–Trinajstić information content (AvgIpc) is 2.61. The van der Waals surface area contributed by atoms with Gasteiger partial charge in [0.2, 0.25) is 0 Å². The third kappa shape index (κ3) is 4.60. The normalized spacial score (nSPS) is 19.4. The molecule has 0 aromatic heterocycles. The number of nitrogens with one attached hydrogen (secondary N) is 1. The standard InChI is InChI=1S/C15H23ClN2/c1-13(11-14-3-5-15(16)6-4-14)12-18-9-2-7-17-8-10-18/h3-6,13,17H,2,7-12H2,1H3. The number of halogens is 1. The van der Waals surface area contributed by atoms with E-state index in [-0.39, 0.29) is 0 Å². The third-order valence-corrected chi connectivity index (χ3v) is 3.75. The van der Waals surface area contributed by atoms with Crippen LogP contribution in [0.4, 0.5) is 0 Å². The minimum Gasteiger partial charge on any atom is -0.315 e. The van der Waals surface area contributed by atoms with Gasteiger partial charge in [-0.1, -0.05) is 30.7 Å². The van der Waals surface area contributed by atoms with Crippen molar-refractivity contribution in [3.63, 3.8) is 0 Å². The maximum atomic E-state index is 5.91. The van der Waals surface area contributed by atoms with Gasteiger partial charge in [-0.2, -0.15) is 0 Å². The van der Waals surface area contributed by atoms with Gasteiger partial charge >= 0.3 is 0 Å². The minimum absolute atomic E-state index is 0.698. The molecule has 1 heterocycles. The fraction of sp³-hybridized carbons (Fsp3) is 0.600. The largest absolute Gasteiger partial charge is 0.315 e. The van der Waals surface area contributed by atoms with E-state index in [9.17, 15) is 0 Å². The second kappa shape index (κ2) is 7.13. The lowest BCUT2D eigenvalue weighted by molar-refractivity contribution is 0.251. The third-order valence-electron chi connectivity index (χ3n) is 3.50. The van der Waals surface area contributed by atoms with Crippen LogP contribution in [0.5, 0.6) is 0 Å². The zero-order valence-corrected chi connectivity index (χ0v) is 11.9. The van der Waals surface area contributed by atoms with Crippen LogP contribution >= 0.6 is 11.6 Å². The van der Waals surface area contributed by atoms with Crippen LogP contribution < -0.4 is 5.32 Å². The highest BCUT2D eigenvalue weighted by Gasteiger charge is 2.12. The molecule has 0 spiro atoms. The summed E-state index contributed by atoms with van der Waals surface area (Å²) in [6.07, 6.45) is 2.41. The summed E-state index contributed by atoms with van der Waals surface area (Å²) >= 11 is 5.91. The van der Waals surface area contributed by atoms with Crippen molar-refractivity contribution in [2.75, 3.05) is 32.7 Å². The van der Waals surface area contributed by atoms with Crippen LogP contribution in [0.25, 0.3) is 0 Å². The second-order valence-corrected chi connectivity index (χ2v) is 5.78. The van der Waals surface area contributed by atoms with Gasteiger partial charge in [0.25, 0.3) is 0 Å². The van der Waals surface area contributed by atoms with Crippen LogP contribution in [0.15, 0.2) is 24.3 Å². The van der Waals surface area contributed by atoms with Gasteiger partial charge in [0.15, 0.2) is 0 Å². The van der Waals surface area contributed by atoms with Gasteiger partial charge in [-0.05, 0) is 49.5 Å². The first-order valence-corrected chi connectivity index (χ1v) is 7.29. The molecule has 2 nitrogen and oxygen atoms in total. The summed E-state index contributed by atoms with van der Waals surface area (Å²) in [7, 11) is 0. The van der Waals surface area contributed by atoms with Crippen molar-refractivity contribution >= 4 is 11.6 Å². The Kier molecular flexibility index (Phi) is 5.48. The molecule has 1 unspecified atom stereocenters. The summed E-state index contributed by atoms with van der Waals surface area (Å²) < 4.78 is 0. The number of hydrogen-bond acceptors (Lipinski definition) is 2. The van der Waals surface area contributed by atoms with E-state index in [0.29, 0.717) is 5.92 Å². The molecule has 1 atom stereocenters. The fourth-order valence-corrected chi connectivity index (χ4v) is 2.74. The Labute approximate surface area is 115 Å². The number of nitrogens with zero attached hydrogens (tertiary/aromatic N) is 1. The molecule has 1 saturated heterocycles. The van der Waals surface area contributed by atoms with Crippen molar-refractivity contribution in [1.29, 1.82) is 0 Å². The van der Waals surface area contributed by atoms with Crippen LogP contribution in [-0.4, -0.2) is 37.6 Å². The lowest BCUT2D eigenvalue weighted by Gasteiger charge is -2.23. The van der Waals surface area contributed by atoms with E-state index < -0.39 is 0 Å². The molecule has 100 valence electrons. The van der Waals surface area contributed by atoms with Crippen molar-refractivity contribution in [3.8, 4) is 0 Å². The van der Waals surface area contributed by atoms with Crippen LogP contribution in [0.2, 0.25) is 5.02 Å². The number of rotatable bonds is 4. The van der Waals surface area contributed by atoms with Crippen LogP contribution in [0.1, 0.15) is 18.9 Å². The lowest BCUT2D eigenvalue weighted by Crippen LogP contribution is -2.32. The molecule has 0 aliphatic carbocycles. The first kappa shape index (κ1) is 13.9. The Morgan fingerprint density at radius 1 is 1.22 bits per heavy atom. The summed E-state index contributed by atoms with van der Waals surface area (Å²) in [5, 5.41) is 4.27. The molecule has 1 fully saturated rings. The van der Waals surface area contributed by atoms with Gasteiger partial charge in [0.05, 0.1) is 0 Å². The molecule has 1 aromatic rings. The molecule has 3 heteroatoms. The summed E-state index contributed by atoms with van der Waals surface area (Å²) in [6, 6.07) is 8.25. The number of hydrogen-bond donors (Lipinski definition) is 1. The topological polar surface area (TPSA) is 15.3 Å². The monoisotopic (exact) mass is 266 g/mol. The first-order valence-electron chi connectivity index (χ1n) is 6.91. The highest BCUT2D eigenvalue weighted by atomic mass is 35.5. The van der Waals surface area contributed by atoms with E-state index in [1.54, 1.807) is 0 Å². The Morgan fingerprint density at radius 3 is 2.78 bits per heavy atom. The molecule has 0 radical (unpaired) electrons. The SMILES string of the molecule is CC(Cc1ccc(Cl)cc1)CN1CCCNCC1. The molecule has 1 aliphatic rings. The Balaban J connectivity index is 1.80. The molecule has 0 bridgehead atoms. The lowest BCUT2D eigenvalue weighted by atomic mass is 10.0. The molecule has 18 heavy (non-hydrogen) atoms. The summed E-state index contributed by atoms with van der Waals surface area (Å²) in [6.45, 7) is 8.26. The number of benzene rings is 1. The summed E-state index contributed by atoms with van der Waals surface area (Å²) in [4.78, 5) is 2.58. The van der Waals surface area contributed by atoms with E-state index in [4.69, 9.17) is 11.6 Å². The van der Waals surface area contributed by atoms with Crippen LogP contribution in [0.3, 0.4) is 0 Å². The molecule has 1 aliphatic heterocycles. The predicted molar refractivity (Wildman–Crippen MR) is 78.2 cm³/mol. The van der Waals surface area contributed by atoms with Gasteiger partial charge < -0.3 is 10.2 Å². The molecular weight excluding hydrogens is 244 g/mol. The highest BCUT2D eigenvalue weighted by molar-refractivity contribution is 6.30. The van der Waals surface area contributed by atoms with E-state index >= 15 is 0 Å². The first-order chi connectivity index (χ1) is 8.74. The van der Waals surface area contributed by atoms with Gasteiger partial charge in [0.1, 0.15) is 0 Å². The molecular formula is C15H23ClN2. The zero-order chi connectivity index (χ0) is 12.8. The van der Waals surface area contributed by atoms with Crippen molar-refractivity contribution < 1.29 is 0 Å². The summed E-state index contributed by atoms with van der Waals surface area (Å²) in [5.41, 5.74) is 1.39. The van der Waals surface area contributed by atoms with Gasteiger partial charge in [-0.15, -0.1) is 0 Å². The molecule has 1 N–H and O–H groups in total. The van der Waals surface area contributed by atoms with Crippen molar-refractivity contribution in [2.45, 2.75) is 19.8 Å². The predicted octanol–water partition coefficient (Wildman–Crippen LogP) is 2.81. The maximum Gasteiger partial charge on any atom is 0.0406 e. The van der Waals surface area contributed by atoms with Gasteiger partial charge in [-0.3, -0.25) is 0 Å². The van der Waals surface area contributed by atoms with Crippen LogP contribution in [-0.2, 0) is 6.42 Å². The Morgan fingerprint density at radius 2 is 2.00 bits per heavy atom. The van der Waals surface area contributed by atoms with E-state index in [0.717, 1.165) is 18.0 Å². The molecule has 0 saturated carbocycles. The summed E-state index contributed by atoms with van der Waals surface area (Å²) in [5.74, 6) is 0.698. The second-order valence-electron chi connectivity index (χ2n) is 5.34. The van der Waals surface area contributed by atoms with E-state index in [2.05, 4.69) is 29.3 Å². The fourth-order valence-electron chi connectivity index (χ4n) is 2.61. The van der Waals surface area contributed by atoms with E-state index in [1.807, 2.05) is 12.1 Å². The Bertz CT molecular complexity index is 342. The molecule has 2 rings (SSSR count). The van der Waals surface area contributed by atoms with Crippen molar-refractivity contribution in [2.24, 2.45) is 5.92 Å². The maximum absolute atomic E-state index is 5.91. The van der Waals surface area contributed by atoms with Gasteiger partial charge in [0, 0.05) is 24.7 Å². The van der Waals surface area contributed by atoms with Crippen molar-refractivity contribution in [3.05, 3.63) is 34.9 Å². The Hall–Kier alpha value is -0.570. The minimum atomic E-state index is 0.698. The smallest absolute Gasteiger partial charge is 0.0406 e.